The van der Waals surface area contributed by atoms with Crippen molar-refractivity contribution in [2.45, 2.75) is 32.1 Å². The minimum Gasteiger partial charge on any atom is -0.354 e. The van der Waals surface area contributed by atoms with Crippen LogP contribution in [0.4, 0.5) is 0 Å². The largest absolute Gasteiger partial charge is 0.354 e. The van der Waals surface area contributed by atoms with Crippen LogP contribution in [-0.2, 0) is 10.2 Å². The summed E-state index contributed by atoms with van der Waals surface area (Å²) >= 11 is 5.99. The molecule has 0 atom stereocenters. The third-order valence-electron chi connectivity index (χ3n) is 4.96. The number of amides is 1. The fraction of sp³-hybridized carbons (Fsp3) is 0.611. The van der Waals surface area contributed by atoms with Crippen molar-refractivity contribution in [2.24, 2.45) is 0 Å². The van der Waals surface area contributed by atoms with Crippen molar-refractivity contribution in [3.63, 3.8) is 0 Å². The van der Waals surface area contributed by atoms with E-state index in [4.69, 9.17) is 11.6 Å². The summed E-state index contributed by atoms with van der Waals surface area (Å²) in [4.78, 5) is 15.3. The van der Waals surface area contributed by atoms with Gasteiger partial charge in [0.15, 0.2) is 0 Å². The van der Waals surface area contributed by atoms with E-state index in [0.717, 1.165) is 51.1 Å². The number of piperazine rings is 1. The van der Waals surface area contributed by atoms with E-state index >= 15 is 0 Å². The summed E-state index contributed by atoms with van der Waals surface area (Å²) in [5.41, 5.74) is 0.584. The van der Waals surface area contributed by atoms with E-state index in [1.807, 2.05) is 24.3 Å². The zero-order valence-electron chi connectivity index (χ0n) is 14.6. The molecule has 2 rings (SSSR count). The van der Waals surface area contributed by atoms with Gasteiger partial charge in [0, 0.05) is 44.3 Å². The fourth-order valence-electron chi connectivity index (χ4n) is 3.31. The van der Waals surface area contributed by atoms with Crippen molar-refractivity contribution in [1.82, 2.24) is 15.5 Å². The molecule has 1 heterocycles. The predicted octanol–water partition coefficient (Wildman–Crippen LogP) is 2.84. The van der Waals surface area contributed by atoms with Crippen LogP contribution in [0.5, 0.6) is 0 Å². The van der Waals surface area contributed by atoms with Gasteiger partial charge in [0.1, 0.15) is 0 Å². The number of hydrogen-bond donors (Lipinski definition) is 2. The molecule has 2 N–H and O–H groups in total. The molecular formula is C18H29Cl2N3O. The Hall–Kier alpha value is -0.810. The van der Waals surface area contributed by atoms with Gasteiger partial charge in [-0.15, -0.1) is 12.4 Å². The molecule has 1 saturated heterocycles. The van der Waals surface area contributed by atoms with Crippen LogP contribution in [0.15, 0.2) is 24.3 Å². The maximum Gasteiger partial charge on any atom is 0.230 e. The second kappa shape index (κ2) is 10.2. The summed E-state index contributed by atoms with van der Waals surface area (Å²) in [5.74, 6) is 0.125. The number of halogens is 2. The van der Waals surface area contributed by atoms with Gasteiger partial charge in [-0.2, -0.15) is 0 Å². The Morgan fingerprint density at radius 2 is 1.79 bits per heavy atom. The first-order chi connectivity index (χ1) is 11.1. The number of benzene rings is 1. The van der Waals surface area contributed by atoms with E-state index < -0.39 is 5.41 Å². The second-order valence-electron chi connectivity index (χ2n) is 6.14. The van der Waals surface area contributed by atoms with Gasteiger partial charge < -0.3 is 10.6 Å². The first kappa shape index (κ1) is 21.2. The first-order valence-corrected chi connectivity index (χ1v) is 8.97. The lowest BCUT2D eigenvalue weighted by Gasteiger charge is -2.32. The first-order valence-electron chi connectivity index (χ1n) is 8.60. The van der Waals surface area contributed by atoms with Gasteiger partial charge in [-0.05, 0) is 30.5 Å². The monoisotopic (exact) mass is 373 g/mol. The van der Waals surface area contributed by atoms with Crippen molar-refractivity contribution >= 4 is 29.9 Å². The Bertz CT molecular complexity index is 497. The number of rotatable bonds is 7. The molecule has 0 aliphatic carbocycles. The number of carbonyl (C=O) groups is 1. The van der Waals surface area contributed by atoms with E-state index in [0.29, 0.717) is 11.6 Å². The Morgan fingerprint density at radius 3 is 2.33 bits per heavy atom. The highest BCUT2D eigenvalue weighted by Crippen LogP contribution is 2.32. The van der Waals surface area contributed by atoms with E-state index in [1.54, 1.807) is 0 Å². The summed E-state index contributed by atoms with van der Waals surface area (Å²) in [7, 11) is 0. The van der Waals surface area contributed by atoms with Crippen LogP contribution in [0, 0.1) is 0 Å². The molecule has 0 unspecified atom stereocenters. The number of nitrogens with zero attached hydrogens (tertiary/aromatic N) is 1. The SMILES string of the molecule is CCC(CC)(C(=O)NCCN1CCNCC1)c1ccc(Cl)cc1.Cl. The minimum absolute atomic E-state index is 0. The van der Waals surface area contributed by atoms with Gasteiger partial charge in [0.05, 0.1) is 5.41 Å². The van der Waals surface area contributed by atoms with Crippen LogP contribution in [0.2, 0.25) is 5.02 Å². The molecule has 136 valence electrons. The quantitative estimate of drug-likeness (QED) is 0.772. The standard InChI is InChI=1S/C18H28ClN3O.ClH/c1-3-18(4-2,15-5-7-16(19)8-6-15)17(23)21-11-14-22-12-9-20-10-13-22;/h5-8,20H,3-4,9-14H2,1-2H3,(H,21,23);1H. The molecule has 24 heavy (non-hydrogen) atoms. The molecule has 4 nitrogen and oxygen atoms in total. The number of carbonyl (C=O) groups excluding carboxylic acids is 1. The van der Waals surface area contributed by atoms with Crippen LogP contribution < -0.4 is 10.6 Å². The van der Waals surface area contributed by atoms with Crippen LogP contribution in [0.3, 0.4) is 0 Å². The molecule has 6 heteroatoms. The zero-order valence-corrected chi connectivity index (χ0v) is 16.2. The third kappa shape index (κ3) is 5.09. The third-order valence-corrected chi connectivity index (χ3v) is 5.21. The van der Waals surface area contributed by atoms with Crippen LogP contribution in [0.25, 0.3) is 0 Å². The van der Waals surface area contributed by atoms with Crippen LogP contribution in [-0.4, -0.2) is 50.1 Å². The predicted molar refractivity (Wildman–Crippen MR) is 103 cm³/mol. The van der Waals surface area contributed by atoms with E-state index in [1.165, 1.54) is 0 Å². The topological polar surface area (TPSA) is 44.4 Å². The molecule has 0 radical (unpaired) electrons. The average molecular weight is 374 g/mol. The summed E-state index contributed by atoms with van der Waals surface area (Å²) < 4.78 is 0. The van der Waals surface area contributed by atoms with Gasteiger partial charge in [0.2, 0.25) is 5.91 Å². The molecule has 1 amide bonds. The van der Waals surface area contributed by atoms with Crippen LogP contribution in [0.1, 0.15) is 32.3 Å². The Balaban J connectivity index is 0.00000288. The smallest absolute Gasteiger partial charge is 0.230 e. The highest BCUT2D eigenvalue weighted by Gasteiger charge is 2.36. The lowest BCUT2D eigenvalue weighted by Crippen LogP contribution is -2.49. The van der Waals surface area contributed by atoms with E-state index in [-0.39, 0.29) is 18.3 Å². The normalized spacial score (nSPS) is 15.6. The van der Waals surface area contributed by atoms with Crippen molar-refractivity contribution in [3.05, 3.63) is 34.9 Å². The molecule has 0 spiro atoms. The van der Waals surface area contributed by atoms with Gasteiger partial charge in [0.25, 0.3) is 0 Å². The van der Waals surface area contributed by atoms with Crippen molar-refractivity contribution in [3.8, 4) is 0 Å². The molecule has 1 aromatic carbocycles. The summed E-state index contributed by atoms with van der Waals surface area (Å²) in [6.45, 7) is 9.95. The minimum atomic E-state index is -0.464. The summed E-state index contributed by atoms with van der Waals surface area (Å²) in [6.07, 6.45) is 1.56. The second-order valence-corrected chi connectivity index (χ2v) is 6.58. The number of nitrogens with one attached hydrogen (secondary N) is 2. The lowest BCUT2D eigenvalue weighted by atomic mass is 9.75. The highest BCUT2D eigenvalue weighted by molar-refractivity contribution is 6.30. The summed E-state index contributed by atoms with van der Waals surface area (Å²) in [5, 5.41) is 7.20. The molecule has 0 bridgehead atoms. The van der Waals surface area contributed by atoms with Crippen molar-refractivity contribution in [1.29, 1.82) is 0 Å². The lowest BCUT2D eigenvalue weighted by molar-refractivity contribution is -0.127. The highest BCUT2D eigenvalue weighted by atomic mass is 35.5. The van der Waals surface area contributed by atoms with Gasteiger partial charge in [-0.25, -0.2) is 0 Å². The molecular weight excluding hydrogens is 345 g/mol. The molecule has 0 saturated carbocycles. The zero-order chi connectivity index (χ0) is 16.7. The number of hydrogen-bond acceptors (Lipinski definition) is 3. The molecule has 1 fully saturated rings. The maximum atomic E-state index is 12.9. The molecule has 0 aromatic heterocycles. The molecule has 1 aromatic rings. The Kier molecular flexibility index (Phi) is 9.06. The maximum absolute atomic E-state index is 12.9. The van der Waals surface area contributed by atoms with Gasteiger partial charge >= 0.3 is 0 Å². The van der Waals surface area contributed by atoms with Crippen LogP contribution >= 0.6 is 24.0 Å². The van der Waals surface area contributed by atoms with Gasteiger partial charge in [-0.1, -0.05) is 37.6 Å². The molecule has 1 aliphatic heterocycles. The summed E-state index contributed by atoms with van der Waals surface area (Å²) in [6, 6.07) is 7.69. The van der Waals surface area contributed by atoms with Crippen molar-refractivity contribution in [2.75, 3.05) is 39.3 Å². The van der Waals surface area contributed by atoms with E-state index in [9.17, 15) is 4.79 Å². The molecule has 1 aliphatic rings. The van der Waals surface area contributed by atoms with Crippen molar-refractivity contribution < 1.29 is 4.79 Å². The fourth-order valence-corrected chi connectivity index (χ4v) is 3.44. The Morgan fingerprint density at radius 1 is 1.21 bits per heavy atom. The average Bonchev–Trinajstić information content (AvgIpc) is 2.59. The van der Waals surface area contributed by atoms with Gasteiger partial charge in [-0.3, -0.25) is 9.69 Å². The Labute approximate surface area is 156 Å². The van der Waals surface area contributed by atoms with E-state index in [2.05, 4.69) is 29.4 Å².